The number of nitrogens with two attached hydrogens (primary N) is 1. The zero-order valence-corrected chi connectivity index (χ0v) is 10.2. The van der Waals surface area contributed by atoms with E-state index in [4.69, 9.17) is 5.73 Å². The molecule has 5 heteroatoms. The van der Waals surface area contributed by atoms with Crippen molar-refractivity contribution in [2.24, 2.45) is 5.73 Å². The van der Waals surface area contributed by atoms with Crippen LogP contribution < -0.4 is 16.4 Å². The summed E-state index contributed by atoms with van der Waals surface area (Å²) in [5, 5.41) is 5.60. The maximum Gasteiger partial charge on any atom is 0.319 e. The first-order chi connectivity index (χ1) is 8.69. The minimum absolute atomic E-state index is 0.117. The zero-order chi connectivity index (χ0) is 13.0. The zero-order valence-electron chi connectivity index (χ0n) is 10.2. The molecule has 4 nitrogen and oxygen atoms in total. The number of carbonyl (C=O) groups excluding carboxylic acids is 1. The normalized spacial score (nSPS) is 15.7. The molecule has 1 aliphatic rings. The molecular weight excluding hydrogens is 233 g/mol. The Kier molecular flexibility index (Phi) is 4.15. The summed E-state index contributed by atoms with van der Waals surface area (Å²) in [4.78, 5) is 11.7. The minimum Gasteiger partial charge on any atom is -0.335 e. The van der Waals surface area contributed by atoms with Crippen LogP contribution in [0, 0.1) is 5.82 Å². The fourth-order valence-corrected chi connectivity index (χ4v) is 2.23. The maximum atomic E-state index is 13.2. The van der Waals surface area contributed by atoms with Crippen molar-refractivity contribution in [1.29, 1.82) is 0 Å². The van der Waals surface area contributed by atoms with Gasteiger partial charge in [-0.25, -0.2) is 9.18 Å². The number of carbonyl (C=O) groups is 1. The molecule has 0 spiro atoms. The van der Waals surface area contributed by atoms with Crippen LogP contribution in [0.4, 0.5) is 14.9 Å². The topological polar surface area (TPSA) is 67.1 Å². The van der Waals surface area contributed by atoms with E-state index >= 15 is 0 Å². The minimum atomic E-state index is -0.348. The Labute approximate surface area is 106 Å². The van der Waals surface area contributed by atoms with Crippen LogP contribution in [0.2, 0.25) is 0 Å². The molecule has 0 unspecified atom stereocenters. The summed E-state index contributed by atoms with van der Waals surface area (Å²) in [5.74, 6) is -0.348. The van der Waals surface area contributed by atoms with Gasteiger partial charge < -0.3 is 16.4 Å². The predicted molar refractivity (Wildman–Crippen MR) is 68.7 cm³/mol. The second-order valence-electron chi connectivity index (χ2n) is 4.59. The third kappa shape index (κ3) is 3.20. The van der Waals surface area contributed by atoms with E-state index < -0.39 is 0 Å². The average Bonchev–Trinajstić information content (AvgIpc) is 2.84. The molecule has 98 valence electrons. The molecule has 1 aromatic carbocycles. The number of rotatable bonds is 3. The van der Waals surface area contributed by atoms with Gasteiger partial charge in [0.25, 0.3) is 0 Å². The van der Waals surface area contributed by atoms with E-state index in [0.29, 0.717) is 11.3 Å². The van der Waals surface area contributed by atoms with E-state index in [1.54, 1.807) is 6.07 Å². The molecule has 1 aromatic rings. The number of nitrogens with one attached hydrogen (secondary N) is 2. The summed E-state index contributed by atoms with van der Waals surface area (Å²) in [7, 11) is 0. The van der Waals surface area contributed by atoms with E-state index in [1.165, 1.54) is 25.0 Å². The van der Waals surface area contributed by atoms with E-state index in [1.807, 2.05) is 0 Å². The van der Waals surface area contributed by atoms with Crippen LogP contribution in [0.25, 0.3) is 0 Å². The first-order valence-corrected chi connectivity index (χ1v) is 6.25. The fourth-order valence-electron chi connectivity index (χ4n) is 2.23. The van der Waals surface area contributed by atoms with Crippen molar-refractivity contribution >= 4 is 11.7 Å². The summed E-state index contributed by atoms with van der Waals surface area (Å²) < 4.78 is 13.2. The first kappa shape index (κ1) is 12.8. The molecule has 0 aromatic heterocycles. The molecule has 2 rings (SSSR count). The van der Waals surface area contributed by atoms with Gasteiger partial charge in [0, 0.05) is 23.8 Å². The molecule has 0 aliphatic heterocycles. The molecule has 0 atom stereocenters. The van der Waals surface area contributed by atoms with Crippen LogP contribution in [0.1, 0.15) is 31.2 Å². The highest BCUT2D eigenvalue weighted by Gasteiger charge is 2.17. The molecule has 0 heterocycles. The summed E-state index contributed by atoms with van der Waals surface area (Å²) in [6.07, 6.45) is 4.40. The van der Waals surface area contributed by atoms with Crippen LogP contribution in [0.15, 0.2) is 18.2 Å². The van der Waals surface area contributed by atoms with Crippen LogP contribution >= 0.6 is 0 Å². The Bertz CT molecular complexity index is 430. The molecular formula is C13H18FN3O. The third-order valence-corrected chi connectivity index (χ3v) is 3.21. The van der Waals surface area contributed by atoms with Crippen LogP contribution in [-0.4, -0.2) is 12.1 Å². The van der Waals surface area contributed by atoms with Gasteiger partial charge in [-0.15, -0.1) is 0 Å². The number of urea groups is 1. The quantitative estimate of drug-likeness (QED) is 0.772. The second-order valence-corrected chi connectivity index (χ2v) is 4.59. The Balaban J connectivity index is 1.93. The molecule has 0 bridgehead atoms. The molecule has 0 saturated heterocycles. The number of amides is 2. The van der Waals surface area contributed by atoms with E-state index in [2.05, 4.69) is 10.6 Å². The molecule has 4 N–H and O–H groups in total. The highest BCUT2D eigenvalue weighted by atomic mass is 19.1. The van der Waals surface area contributed by atoms with Gasteiger partial charge in [0.2, 0.25) is 0 Å². The lowest BCUT2D eigenvalue weighted by Gasteiger charge is -2.13. The summed E-state index contributed by atoms with van der Waals surface area (Å²) in [5.41, 5.74) is 6.37. The Morgan fingerprint density at radius 2 is 2.11 bits per heavy atom. The highest BCUT2D eigenvalue weighted by molar-refractivity contribution is 5.89. The first-order valence-electron chi connectivity index (χ1n) is 6.25. The monoisotopic (exact) mass is 251 g/mol. The second kappa shape index (κ2) is 5.82. The lowest BCUT2D eigenvalue weighted by atomic mass is 10.2. The van der Waals surface area contributed by atoms with Crippen LogP contribution in [-0.2, 0) is 6.54 Å². The van der Waals surface area contributed by atoms with Gasteiger partial charge in [-0.2, -0.15) is 0 Å². The van der Waals surface area contributed by atoms with Gasteiger partial charge in [0.05, 0.1) is 0 Å². The predicted octanol–water partition coefficient (Wildman–Crippen LogP) is 2.35. The lowest BCUT2D eigenvalue weighted by Crippen LogP contribution is -2.36. The van der Waals surface area contributed by atoms with E-state index in [0.717, 1.165) is 12.8 Å². The van der Waals surface area contributed by atoms with Gasteiger partial charge in [-0.05, 0) is 31.0 Å². The molecule has 1 aliphatic carbocycles. The maximum absolute atomic E-state index is 13.2. The molecule has 1 fully saturated rings. The Hall–Kier alpha value is -1.62. The average molecular weight is 251 g/mol. The number of hydrogen-bond donors (Lipinski definition) is 3. The summed E-state index contributed by atoms with van der Waals surface area (Å²) >= 11 is 0. The van der Waals surface area contributed by atoms with E-state index in [9.17, 15) is 9.18 Å². The van der Waals surface area contributed by atoms with Crippen molar-refractivity contribution in [2.45, 2.75) is 38.3 Å². The SMILES string of the molecule is NCc1cc(NC(=O)NC2CCCC2)ccc1F. The standard InChI is InChI=1S/C13H18FN3O/c14-12-6-5-11(7-9(12)8-15)17-13(18)16-10-3-1-2-4-10/h5-7,10H,1-4,8,15H2,(H2,16,17,18). The summed E-state index contributed by atoms with van der Waals surface area (Å²) in [6, 6.07) is 4.43. The molecule has 2 amide bonds. The number of anilines is 1. The van der Waals surface area contributed by atoms with Crippen molar-refractivity contribution < 1.29 is 9.18 Å². The van der Waals surface area contributed by atoms with Crippen molar-refractivity contribution in [3.05, 3.63) is 29.6 Å². The van der Waals surface area contributed by atoms with Gasteiger partial charge in [-0.1, -0.05) is 12.8 Å². The van der Waals surface area contributed by atoms with Crippen molar-refractivity contribution in [1.82, 2.24) is 5.32 Å². The fraction of sp³-hybridized carbons (Fsp3) is 0.462. The van der Waals surface area contributed by atoms with Crippen LogP contribution in [0.5, 0.6) is 0 Å². The number of halogens is 1. The van der Waals surface area contributed by atoms with Crippen molar-refractivity contribution in [3.8, 4) is 0 Å². The number of hydrogen-bond acceptors (Lipinski definition) is 2. The van der Waals surface area contributed by atoms with Crippen molar-refractivity contribution in [2.75, 3.05) is 5.32 Å². The van der Waals surface area contributed by atoms with Crippen LogP contribution in [0.3, 0.4) is 0 Å². The molecule has 18 heavy (non-hydrogen) atoms. The van der Waals surface area contributed by atoms with Crippen molar-refractivity contribution in [3.63, 3.8) is 0 Å². The molecule has 1 saturated carbocycles. The van der Waals surface area contributed by atoms with Gasteiger partial charge >= 0.3 is 6.03 Å². The molecule has 0 radical (unpaired) electrons. The summed E-state index contributed by atoms with van der Waals surface area (Å²) in [6.45, 7) is 0.117. The smallest absolute Gasteiger partial charge is 0.319 e. The number of benzene rings is 1. The van der Waals surface area contributed by atoms with Gasteiger partial charge in [-0.3, -0.25) is 0 Å². The Morgan fingerprint density at radius 3 is 2.78 bits per heavy atom. The van der Waals surface area contributed by atoms with E-state index in [-0.39, 0.29) is 24.4 Å². The lowest BCUT2D eigenvalue weighted by molar-refractivity contribution is 0.248. The highest BCUT2D eigenvalue weighted by Crippen LogP contribution is 2.18. The third-order valence-electron chi connectivity index (χ3n) is 3.21. The Morgan fingerprint density at radius 1 is 1.39 bits per heavy atom. The largest absolute Gasteiger partial charge is 0.335 e. The van der Waals surface area contributed by atoms with Gasteiger partial charge in [0.15, 0.2) is 0 Å². The van der Waals surface area contributed by atoms with Gasteiger partial charge in [0.1, 0.15) is 5.82 Å².